The Kier molecular flexibility index (Phi) is 12.1. The minimum Gasteiger partial charge on any atom is -0.255 e. The van der Waals surface area contributed by atoms with Crippen molar-refractivity contribution in [1.82, 2.24) is 0 Å². The molecule has 0 spiro atoms. The molecule has 0 saturated heterocycles. The van der Waals surface area contributed by atoms with Gasteiger partial charge in [0.1, 0.15) is 0 Å². The van der Waals surface area contributed by atoms with E-state index in [2.05, 4.69) is 71.0 Å². The van der Waals surface area contributed by atoms with E-state index in [0.717, 1.165) is 66.8 Å². The maximum absolute atomic E-state index is 15.1. The summed E-state index contributed by atoms with van der Waals surface area (Å²) >= 11 is 0. The molecule has 0 aliphatic heterocycles. The second-order valence-corrected chi connectivity index (χ2v) is 15.9. The molecule has 0 heterocycles. The van der Waals surface area contributed by atoms with Crippen LogP contribution in [-0.2, 0) is 18.4 Å². The van der Waals surface area contributed by atoms with Gasteiger partial charge in [0.05, 0.1) is 17.1 Å². The molecule has 0 fully saturated rings. The normalized spacial score (nSPS) is 11.2. The summed E-state index contributed by atoms with van der Waals surface area (Å²) < 4.78 is 33.3. The lowest BCUT2D eigenvalue weighted by molar-refractivity contribution is 0.173. The van der Waals surface area contributed by atoms with Gasteiger partial charge in [-0.2, -0.15) is 13.9 Å². The molecule has 8 heteroatoms. The third kappa shape index (κ3) is 9.43. The molecular formula is C54H42N3O4P. The molecule has 9 rings (SSSR count). The highest BCUT2D eigenvalue weighted by atomic mass is 31.2. The zero-order valence-corrected chi connectivity index (χ0v) is 34.5. The van der Waals surface area contributed by atoms with Crippen LogP contribution in [0.5, 0.6) is 0 Å². The van der Waals surface area contributed by atoms with Crippen LogP contribution >= 0.6 is 7.82 Å². The third-order valence-corrected chi connectivity index (χ3v) is 11.4. The van der Waals surface area contributed by atoms with Crippen LogP contribution in [0.25, 0.3) is 66.8 Å². The molecule has 62 heavy (non-hydrogen) atoms. The van der Waals surface area contributed by atoms with E-state index in [1.54, 1.807) is 0 Å². The monoisotopic (exact) mass is 827 g/mol. The Morgan fingerprint density at radius 2 is 0.484 bits per heavy atom. The van der Waals surface area contributed by atoms with E-state index in [1.807, 2.05) is 182 Å². The molecule has 0 aliphatic carbocycles. The number of anilines is 3. The molecule has 0 bridgehead atoms. The molecular weight excluding hydrogens is 786 g/mol. The first kappa shape index (κ1) is 39.9. The van der Waals surface area contributed by atoms with Crippen molar-refractivity contribution in [3.05, 3.63) is 237 Å². The number of rotatable bonds is 15. The van der Waals surface area contributed by atoms with Crippen molar-refractivity contribution in [1.29, 1.82) is 0 Å². The van der Waals surface area contributed by atoms with Gasteiger partial charge in [-0.25, -0.2) is 4.57 Å². The predicted molar refractivity (Wildman–Crippen MR) is 254 cm³/mol. The molecule has 3 N–H and O–H groups in total. The molecule has 0 radical (unpaired) electrons. The minimum atomic E-state index is -4.59. The van der Waals surface area contributed by atoms with Crippen LogP contribution in [0.3, 0.4) is 0 Å². The zero-order valence-electron chi connectivity index (χ0n) is 33.6. The van der Waals surface area contributed by atoms with Crippen molar-refractivity contribution in [2.24, 2.45) is 0 Å². The van der Waals surface area contributed by atoms with Gasteiger partial charge in [0.2, 0.25) is 0 Å². The Hall–Kier alpha value is -7.51. The second kappa shape index (κ2) is 18.8. The van der Waals surface area contributed by atoms with Crippen molar-refractivity contribution >= 4 is 24.9 Å². The van der Waals surface area contributed by atoms with Crippen molar-refractivity contribution in [2.45, 2.75) is 0 Å². The van der Waals surface area contributed by atoms with Crippen LogP contribution in [-0.4, -0.2) is 0 Å². The van der Waals surface area contributed by atoms with Gasteiger partial charge in [-0.3, -0.25) is 16.4 Å². The maximum atomic E-state index is 15.1. The predicted octanol–water partition coefficient (Wildman–Crippen LogP) is 15.2. The van der Waals surface area contributed by atoms with E-state index >= 15 is 4.57 Å². The van der Waals surface area contributed by atoms with Gasteiger partial charge in [0.15, 0.2) is 0 Å². The second-order valence-electron chi connectivity index (χ2n) is 14.5. The smallest absolute Gasteiger partial charge is 0.255 e. The molecule has 0 aromatic heterocycles. The molecule has 302 valence electrons. The van der Waals surface area contributed by atoms with E-state index in [4.69, 9.17) is 13.9 Å². The SMILES string of the molecule is O=P(ONc1ccc(-c2ccccc2)cc1-c1ccccc1)(ONc1ccc(-c2ccccc2)cc1-c1ccccc1)ONc1ccc(-c2ccccc2)cc1-c1ccccc1. The average Bonchev–Trinajstić information content (AvgIpc) is 3.36. The first-order chi connectivity index (χ1) is 30.6. The summed E-state index contributed by atoms with van der Waals surface area (Å²) in [6.45, 7) is 0. The molecule has 0 atom stereocenters. The van der Waals surface area contributed by atoms with Crippen LogP contribution in [0, 0.1) is 0 Å². The fourth-order valence-electron chi connectivity index (χ4n) is 7.27. The molecule has 0 saturated carbocycles. The van der Waals surface area contributed by atoms with E-state index in [1.165, 1.54) is 0 Å². The summed E-state index contributed by atoms with van der Waals surface area (Å²) in [5.41, 5.74) is 22.0. The van der Waals surface area contributed by atoms with Gasteiger partial charge >= 0.3 is 7.82 Å². The van der Waals surface area contributed by atoms with Crippen LogP contribution in [0.2, 0.25) is 0 Å². The number of phosphoric acid groups is 1. The van der Waals surface area contributed by atoms with Crippen LogP contribution < -0.4 is 16.4 Å². The Morgan fingerprint density at radius 1 is 0.258 bits per heavy atom. The largest absolute Gasteiger partial charge is 0.539 e. The highest BCUT2D eigenvalue weighted by Gasteiger charge is 2.32. The maximum Gasteiger partial charge on any atom is 0.539 e. The Morgan fingerprint density at radius 3 is 0.726 bits per heavy atom. The summed E-state index contributed by atoms with van der Waals surface area (Å²) in [6, 6.07) is 78.0. The summed E-state index contributed by atoms with van der Waals surface area (Å²) in [6.07, 6.45) is 0. The van der Waals surface area contributed by atoms with Crippen molar-refractivity contribution < 1.29 is 18.4 Å². The fourth-order valence-corrected chi connectivity index (χ4v) is 8.01. The first-order valence-corrected chi connectivity index (χ1v) is 21.7. The lowest BCUT2D eigenvalue weighted by Gasteiger charge is -2.22. The number of benzene rings is 9. The van der Waals surface area contributed by atoms with Crippen LogP contribution in [0.15, 0.2) is 237 Å². The van der Waals surface area contributed by atoms with Gasteiger partial charge in [0.25, 0.3) is 0 Å². The summed E-state index contributed by atoms with van der Waals surface area (Å²) in [4.78, 5) is 0. The Balaban J connectivity index is 1.07. The summed E-state index contributed by atoms with van der Waals surface area (Å²) in [5.74, 6) is 0. The molecule has 0 amide bonds. The summed E-state index contributed by atoms with van der Waals surface area (Å²) in [5, 5.41) is 0. The first-order valence-electron chi connectivity index (χ1n) is 20.3. The van der Waals surface area contributed by atoms with Crippen LogP contribution in [0.1, 0.15) is 0 Å². The lowest BCUT2D eigenvalue weighted by atomic mass is 9.97. The highest BCUT2D eigenvalue weighted by molar-refractivity contribution is 7.48. The van der Waals surface area contributed by atoms with Gasteiger partial charge in [-0.15, -0.1) is 0 Å². The number of hydrogen-bond acceptors (Lipinski definition) is 7. The van der Waals surface area contributed by atoms with Gasteiger partial charge < -0.3 is 0 Å². The molecule has 7 nitrogen and oxygen atoms in total. The summed E-state index contributed by atoms with van der Waals surface area (Å²) in [7, 11) is -4.59. The highest BCUT2D eigenvalue weighted by Crippen LogP contribution is 2.51. The quantitative estimate of drug-likeness (QED) is 0.0701. The van der Waals surface area contributed by atoms with Crippen molar-refractivity contribution in [3.8, 4) is 66.8 Å². The zero-order chi connectivity index (χ0) is 42.0. The third-order valence-electron chi connectivity index (χ3n) is 10.4. The van der Waals surface area contributed by atoms with E-state index in [0.29, 0.717) is 17.1 Å². The minimum absolute atomic E-state index is 0.553. The van der Waals surface area contributed by atoms with E-state index < -0.39 is 7.82 Å². The number of nitrogens with one attached hydrogen (secondary N) is 3. The molecule has 9 aromatic carbocycles. The molecule has 0 aliphatic rings. The van der Waals surface area contributed by atoms with Gasteiger partial charge in [-0.05, 0) is 86.5 Å². The van der Waals surface area contributed by atoms with Gasteiger partial charge in [-0.1, -0.05) is 200 Å². The standard InChI is InChI=1S/C54H42N3O4P/c58-62(59-55-52-34-31-46(40-19-7-1-8-20-40)37-49(52)43-25-13-4-14-26-43,60-56-53-35-32-47(41-21-9-2-10-22-41)38-50(53)44-27-15-5-16-28-44)61-57-54-36-33-48(42-23-11-3-12-24-42)39-51(54)45-29-17-6-18-30-45/h1-39,55-57H. The van der Waals surface area contributed by atoms with Crippen molar-refractivity contribution in [3.63, 3.8) is 0 Å². The molecule has 9 aromatic rings. The van der Waals surface area contributed by atoms with Crippen molar-refractivity contribution in [2.75, 3.05) is 16.4 Å². The van der Waals surface area contributed by atoms with Gasteiger partial charge in [0, 0.05) is 16.7 Å². The van der Waals surface area contributed by atoms with E-state index in [-0.39, 0.29) is 0 Å². The van der Waals surface area contributed by atoms with E-state index in [9.17, 15) is 0 Å². The molecule has 0 unspecified atom stereocenters. The lowest BCUT2D eigenvalue weighted by Crippen LogP contribution is -2.13. The Labute approximate surface area is 361 Å². The number of hydrogen-bond donors (Lipinski definition) is 3. The topological polar surface area (TPSA) is 80.9 Å². The van der Waals surface area contributed by atoms with Crippen LogP contribution in [0.4, 0.5) is 17.1 Å². The Bertz CT molecular complexity index is 2600. The average molecular weight is 828 g/mol. The fraction of sp³-hybridized carbons (Fsp3) is 0.